The number of rotatable bonds is 1. The number of fused-ring (bicyclic) bond motifs is 2. The predicted molar refractivity (Wildman–Crippen MR) is 70.0 cm³/mol. The Morgan fingerprint density at radius 3 is 2.17 bits per heavy atom. The lowest BCUT2D eigenvalue weighted by atomic mass is 9.64. The quantitative estimate of drug-likeness (QED) is 0.732. The summed E-state index contributed by atoms with van der Waals surface area (Å²) in [6, 6.07) is 0. The van der Waals surface area contributed by atoms with E-state index in [-0.39, 0.29) is 10.8 Å². The van der Waals surface area contributed by atoms with E-state index in [1.54, 1.807) is 0 Å². The van der Waals surface area contributed by atoms with Crippen LogP contribution in [0.4, 0.5) is 0 Å². The molecule has 0 aromatic carbocycles. The molecular weight excluding hydrogens is 228 g/mol. The average molecular weight is 254 g/mol. The van der Waals surface area contributed by atoms with Gasteiger partial charge in [0.05, 0.1) is 0 Å². The maximum atomic E-state index is 12.4. The zero-order chi connectivity index (χ0) is 14.0. The van der Waals surface area contributed by atoms with Gasteiger partial charge in [-0.05, 0) is 51.4 Å². The average Bonchev–Trinajstić information content (AvgIpc) is 2.47. The molecule has 0 aromatic heterocycles. The van der Waals surface area contributed by atoms with Crippen molar-refractivity contribution >= 4 is 5.97 Å². The van der Waals surface area contributed by atoms with E-state index >= 15 is 0 Å². The van der Waals surface area contributed by atoms with Gasteiger partial charge >= 0.3 is 5.97 Å². The molecule has 2 aliphatic carbocycles. The fourth-order valence-electron chi connectivity index (χ4n) is 3.95. The molecule has 0 aliphatic heterocycles. The Morgan fingerprint density at radius 2 is 1.83 bits per heavy atom. The summed E-state index contributed by atoms with van der Waals surface area (Å²) in [6.07, 6.45) is 2.56. The number of hydrogen-bond donors (Lipinski definition) is 1. The molecule has 3 unspecified atom stereocenters. The molecule has 0 amide bonds. The van der Waals surface area contributed by atoms with Gasteiger partial charge in [-0.15, -0.1) is 0 Å². The van der Waals surface area contributed by atoms with Crippen molar-refractivity contribution in [3.63, 3.8) is 0 Å². The van der Waals surface area contributed by atoms with Crippen LogP contribution in [0.15, 0.2) is 0 Å². The Kier molecular flexibility index (Phi) is 2.69. The third-order valence-electron chi connectivity index (χ3n) is 5.63. The van der Waals surface area contributed by atoms with Crippen molar-refractivity contribution in [3.05, 3.63) is 0 Å². The van der Waals surface area contributed by atoms with Gasteiger partial charge in [0, 0.05) is 5.41 Å². The van der Waals surface area contributed by atoms with Crippen LogP contribution >= 0.6 is 0 Å². The van der Waals surface area contributed by atoms with Crippen LogP contribution in [0.5, 0.6) is 0 Å². The molecule has 3 nitrogen and oxygen atoms in total. The molecule has 0 saturated heterocycles. The highest BCUT2D eigenvalue weighted by molar-refractivity contribution is 5.82. The molecule has 0 spiro atoms. The summed E-state index contributed by atoms with van der Waals surface area (Å²) in [4.78, 5) is 12.4. The molecule has 2 fully saturated rings. The van der Waals surface area contributed by atoms with Gasteiger partial charge in [-0.2, -0.15) is 0 Å². The van der Waals surface area contributed by atoms with E-state index in [0.29, 0.717) is 12.3 Å². The summed E-state index contributed by atoms with van der Waals surface area (Å²) in [6.45, 7) is 11.9. The zero-order valence-electron chi connectivity index (χ0n) is 12.5. The van der Waals surface area contributed by atoms with Crippen LogP contribution in [0.3, 0.4) is 0 Å². The highest BCUT2D eigenvalue weighted by Gasteiger charge is 2.72. The van der Waals surface area contributed by atoms with Crippen molar-refractivity contribution in [3.8, 4) is 0 Å². The summed E-state index contributed by atoms with van der Waals surface area (Å²) in [7, 11) is 0. The van der Waals surface area contributed by atoms with Crippen LogP contribution in [0.25, 0.3) is 0 Å². The molecule has 0 aromatic rings. The highest BCUT2D eigenvalue weighted by atomic mass is 16.6. The molecule has 2 saturated carbocycles. The second-order valence-electron chi connectivity index (χ2n) is 7.86. The third kappa shape index (κ3) is 1.56. The van der Waals surface area contributed by atoms with Gasteiger partial charge < -0.3 is 9.84 Å². The van der Waals surface area contributed by atoms with E-state index in [1.165, 1.54) is 0 Å². The maximum absolute atomic E-state index is 12.4. The van der Waals surface area contributed by atoms with Crippen molar-refractivity contribution in [2.75, 3.05) is 0 Å². The first kappa shape index (κ1) is 13.9. The molecule has 18 heavy (non-hydrogen) atoms. The van der Waals surface area contributed by atoms with Gasteiger partial charge in [-0.1, -0.05) is 20.8 Å². The third-order valence-corrected chi connectivity index (χ3v) is 5.63. The summed E-state index contributed by atoms with van der Waals surface area (Å²) in [5.41, 5.74) is -2.23. The van der Waals surface area contributed by atoms with Gasteiger partial charge in [-0.3, -0.25) is 0 Å². The first-order chi connectivity index (χ1) is 7.94. The lowest BCUT2D eigenvalue weighted by Gasteiger charge is -2.44. The van der Waals surface area contributed by atoms with Crippen LogP contribution in [-0.4, -0.2) is 22.3 Å². The van der Waals surface area contributed by atoms with E-state index in [0.717, 1.165) is 12.8 Å². The van der Waals surface area contributed by atoms with Crippen LogP contribution in [-0.2, 0) is 9.53 Å². The first-order valence-corrected chi connectivity index (χ1v) is 6.90. The smallest absolute Gasteiger partial charge is 0.339 e. The number of carbonyl (C=O) groups is 1. The van der Waals surface area contributed by atoms with E-state index in [1.807, 2.05) is 27.7 Å². The Morgan fingerprint density at radius 1 is 1.28 bits per heavy atom. The number of ether oxygens (including phenoxy) is 1. The van der Waals surface area contributed by atoms with Crippen molar-refractivity contribution < 1.29 is 14.6 Å². The van der Waals surface area contributed by atoms with Gasteiger partial charge in [0.25, 0.3) is 0 Å². The lowest BCUT2D eigenvalue weighted by molar-refractivity contribution is -0.194. The zero-order valence-corrected chi connectivity index (χ0v) is 12.5. The Balaban J connectivity index is 2.32. The Bertz CT molecular complexity index is 380. The predicted octanol–water partition coefficient (Wildman–Crippen LogP) is 2.91. The second kappa shape index (κ2) is 3.50. The van der Waals surface area contributed by atoms with Crippen molar-refractivity contribution in [1.82, 2.24) is 0 Å². The molecule has 2 rings (SSSR count). The topological polar surface area (TPSA) is 46.5 Å². The molecule has 2 bridgehead atoms. The van der Waals surface area contributed by atoms with Crippen molar-refractivity contribution in [2.24, 2.45) is 16.7 Å². The summed E-state index contributed by atoms with van der Waals surface area (Å²) < 4.78 is 5.45. The van der Waals surface area contributed by atoms with E-state index in [2.05, 4.69) is 13.8 Å². The molecular formula is C15H26O3. The number of hydrogen-bond acceptors (Lipinski definition) is 3. The monoisotopic (exact) mass is 254 g/mol. The van der Waals surface area contributed by atoms with E-state index < -0.39 is 17.2 Å². The first-order valence-electron chi connectivity index (χ1n) is 6.90. The minimum Gasteiger partial charge on any atom is -0.458 e. The van der Waals surface area contributed by atoms with Crippen LogP contribution in [0.1, 0.15) is 60.8 Å². The lowest BCUT2D eigenvalue weighted by Crippen LogP contribution is -2.55. The number of aliphatic hydroxyl groups is 1. The molecule has 0 heterocycles. The van der Waals surface area contributed by atoms with Gasteiger partial charge in [0.1, 0.15) is 5.60 Å². The summed E-state index contributed by atoms with van der Waals surface area (Å²) >= 11 is 0. The van der Waals surface area contributed by atoms with Crippen LogP contribution < -0.4 is 0 Å². The molecule has 3 atom stereocenters. The van der Waals surface area contributed by atoms with E-state index in [9.17, 15) is 9.90 Å². The van der Waals surface area contributed by atoms with Crippen LogP contribution in [0.2, 0.25) is 0 Å². The molecule has 1 N–H and O–H groups in total. The molecule has 104 valence electrons. The second-order valence-corrected chi connectivity index (χ2v) is 7.86. The van der Waals surface area contributed by atoms with Crippen molar-refractivity contribution in [1.29, 1.82) is 0 Å². The Hall–Kier alpha value is -0.570. The standard InChI is InChI=1S/C15H26O3/c1-12(2,3)18-11(16)15(17)9-10-7-8-14(15,6)13(10,4)5/h10,17H,7-9H2,1-6H3. The summed E-state index contributed by atoms with van der Waals surface area (Å²) in [5.74, 6) is -0.0206. The van der Waals surface area contributed by atoms with Crippen LogP contribution in [0, 0.1) is 16.7 Å². The minimum atomic E-state index is -1.31. The van der Waals surface area contributed by atoms with Crippen molar-refractivity contribution in [2.45, 2.75) is 72.0 Å². The summed E-state index contributed by atoms with van der Waals surface area (Å²) in [5, 5.41) is 10.9. The number of esters is 1. The highest BCUT2D eigenvalue weighted by Crippen LogP contribution is 2.69. The number of carbonyl (C=O) groups excluding carboxylic acids is 1. The fourth-order valence-corrected chi connectivity index (χ4v) is 3.95. The fraction of sp³-hybridized carbons (Fsp3) is 0.933. The SMILES string of the molecule is CC(C)(C)OC(=O)C1(O)CC2CCC1(C)C2(C)C. The van der Waals surface area contributed by atoms with Gasteiger partial charge in [0.15, 0.2) is 5.60 Å². The minimum absolute atomic E-state index is 0.00134. The normalized spacial score (nSPS) is 42.1. The van der Waals surface area contributed by atoms with E-state index in [4.69, 9.17) is 4.74 Å². The largest absolute Gasteiger partial charge is 0.458 e. The maximum Gasteiger partial charge on any atom is 0.339 e. The Labute approximate surface area is 110 Å². The molecule has 0 radical (unpaired) electrons. The van der Waals surface area contributed by atoms with Gasteiger partial charge in [-0.25, -0.2) is 4.79 Å². The molecule has 3 heteroatoms. The van der Waals surface area contributed by atoms with Gasteiger partial charge in [0.2, 0.25) is 0 Å². The molecule has 2 aliphatic rings.